The van der Waals surface area contributed by atoms with Crippen molar-refractivity contribution in [3.63, 3.8) is 0 Å². The van der Waals surface area contributed by atoms with E-state index < -0.39 is 5.89 Å². The van der Waals surface area contributed by atoms with Crippen LogP contribution in [-0.2, 0) is 0 Å². The van der Waals surface area contributed by atoms with Gasteiger partial charge in [0.2, 0.25) is 0 Å². The molecule has 0 radical (unpaired) electrons. The molecule has 0 amide bonds. The van der Waals surface area contributed by atoms with Gasteiger partial charge < -0.3 is 9.64 Å². The second-order valence-corrected chi connectivity index (χ2v) is 5.99. The molecule has 20 heavy (non-hydrogen) atoms. The van der Waals surface area contributed by atoms with Crippen LogP contribution in [-0.4, -0.2) is 25.0 Å². The fourth-order valence-electron chi connectivity index (χ4n) is 3.27. The molecule has 3 heteroatoms. The summed E-state index contributed by atoms with van der Waals surface area (Å²) in [6.45, 7) is 1.54. The van der Waals surface area contributed by atoms with Gasteiger partial charge in [0, 0.05) is 36.9 Å². The number of likely N-dealkylation sites (N-methyl/N-ethyl adjacent to an activating group) is 1. The summed E-state index contributed by atoms with van der Waals surface area (Å²) >= 11 is 6.18. The largest absolute Gasteiger partial charge is 0.457 e. The lowest BCUT2D eigenvalue weighted by Gasteiger charge is -2.17. The molecular weight excluding hydrogens is 270 g/mol. The van der Waals surface area contributed by atoms with Crippen LogP contribution >= 0.6 is 11.6 Å². The number of likely N-dealkylation sites (tertiary alicyclic amines) is 1. The van der Waals surface area contributed by atoms with Crippen LogP contribution in [0.2, 0.25) is 5.02 Å². The van der Waals surface area contributed by atoms with E-state index in [0.717, 1.165) is 29.2 Å². The number of hydrogen-bond donors (Lipinski definition) is 0. The van der Waals surface area contributed by atoms with E-state index in [0.29, 0.717) is 11.6 Å². The molecule has 2 aliphatic rings. The van der Waals surface area contributed by atoms with Crippen molar-refractivity contribution in [1.82, 2.24) is 4.90 Å². The number of benzene rings is 2. The van der Waals surface area contributed by atoms with Crippen molar-refractivity contribution < 1.29 is 6.11 Å². The first-order chi connectivity index (χ1) is 10.1. The van der Waals surface area contributed by atoms with Crippen LogP contribution in [0.4, 0.5) is 0 Å². The summed E-state index contributed by atoms with van der Waals surface area (Å²) in [7, 11) is 2.07. The molecule has 102 valence electrons. The van der Waals surface area contributed by atoms with Gasteiger partial charge in [-0.05, 0) is 36.9 Å². The van der Waals surface area contributed by atoms with E-state index in [2.05, 4.69) is 18.0 Å². The smallest absolute Gasteiger partial charge is 0.131 e. The highest BCUT2D eigenvalue weighted by Crippen LogP contribution is 2.49. The van der Waals surface area contributed by atoms with E-state index in [1.807, 2.05) is 36.4 Å². The summed E-state index contributed by atoms with van der Waals surface area (Å²) in [6.07, 6.45) is 0. The first-order valence-electron chi connectivity index (χ1n) is 7.33. The topological polar surface area (TPSA) is 12.5 Å². The quantitative estimate of drug-likeness (QED) is 0.718. The van der Waals surface area contributed by atoms with Gasteiger partial charge in [-0.25, -0.2) is 0 Å². The summed E-state index contributed by atoms with van der Waals surface area (Å²) in [5.41, 5.74) is 2.00. The van der Waals surface area contributed by atoms with E-state index in [9.17, 15) is 0 Å². The van der Waals surface area contributed by atoms with Crippen molar-refractivity contribution >= 4 is 11.6 Å². The molecule has 0 bridgehead atoms. The zero-order valence-electron chi connectivity index (χ0n) is 12.3. The molecule has 0 saturated carbocycles. The summed E-state index contributed by atoms with van der Waals surface area (Å²) < 4.78 is 15.2. The maximum absolute atomic E-state index is 9.14. The first kappa shape index (κ1) is 11.2. The second kappa shape index (κ2) is 4.51. The molecule has 2 nitrogen and oxygen atoms in total. The summed E-state index contributed by atoms with van der Waals surface area (Å²) in [4.78, 5) is 2.21. The van der Waals surface area contributed by atoms with Crippen molar-refractivity contribution in [2.24, 2.45) is 0 Å². The average Bonchev–Trinajstić information content (AvgIpc) is 2.73. The molecule has 2 heterocycles. The Bertz CT molecular complexity index is 720. The van der Waals surface area contributed by atoms with Crippen molar-refractivity contribution in [2.75, 3.05) is 20.1 Å². The van der Waals surface area contributed by atoms with Gasteiger partial charge in [0.1, 0.15) is 11.5 Å². The summed E-state index contributed by atoms with van der Waals surface area (Å²) in [5.74, 6) is 0.982. The van der Waals surface area contributed by atoms with E-state index >= 15 is 0 Å². The van der Waals surface area contributed by atoms with Gasteiger partial charge in [0.15, 0.2) is 0 Å². The third kappa shape index (κ3) is 1.83. The SMILES string of the molecule is [3H][C@]12CN(C)C[C@H]1c1ccccc1Oc1ccc(Cl)cc12. The molecule has 0 N–H and O–H groups in total. The molecule has 4 rings (SSSR count). The van der Waals surface area contributed by atoms with Gasteiger partial charge in [-0.2, -0.15) is 0 Å². The van der Waals surface area contributed by atoms with Crippen LogP contribution in [0.5, 0.6) is 11.5 Å². The zero-order chi connectivity index (χ0) is 14.6. The number of fused-ring (bicyclic) bond motifs is 5. The Hall–Kier alpha value is -1.51. The molecule has 2 aromatic rings. The Balaban J connectivity index is 2.00. The standard InChI is InChI=1S/C17H16ClNO/c1-19-9-14-12-4-2-3-5-16(12)20-17-7-6-11(18)8-13(17)15(14)10-19/h2-8,14-15H,9-10H2,1H3/t14-,15+/m0/s1/i15T. The minimum Gasteiger partial charge on any atom is -0.457 e. The van der Waals surface area contributed by atoms with Crippen molar-refractivity contribution in [2.45, 2.75) is 11.8 Å². The number of rotatable bonds is 0. The maximum atomic E-state index is 9.14. The molecule has 1 saturated heterocycles. The lowest BCUT2D eigenvalue weighted by molar-refractivity contribution is 0.401. The van der Waals surface area contributed by atoms with Crippen LogP contribution < -0.4 is 4.74 Å². The predicted molar refractivity (Wildman–Crippen MR) is 80.9 cm³/mol. The van der Waals surface area contributed by atoms with E-state index in [-0.39, 0.29) is 5.92 Å². The molecule has 0 unspecified atom stereocenters. The van der Waals surface area contributed by atoms with Crippen molar-refractivity contribution in [1.29, 1.82) is 0 Å². The first-order valence-corrected chi connectivity index (χ1v) is 7.21. The van der Waals surface area contributed by atoms with Crippen LogP contribution in [0.3, 0.4) is 0 Å². The minimum absolute atomic E-state index is 0.0958. The van der Waals surface area contributed by atoms with Crippen LogP contribution in [0.15, 0.2) is 42.5 Å². The predicted octanol–water partition coefficient (Wildman–Crippen LogP) is 4.26. The minimum atomic E-state index is -0.721. The number of ether oxygens (including phenoxy) is 1. The van der Waals surface area contributed by atoms with Crippen LogP contribution in [0.25, 0.3) is 0 Å². The maximum Gasteiger partial charge on any atom is 0.131 e. The molecule has 2 atom stereocenters. The molecule has 2 aromatic carbocycles. The highest BCUT2D eigenvalue weighted by molar-refractivity contribution is 6.30. The van der Waals surface area contributed by atoms with Crippen molar-refractivity contribution in [3.05, 3.63) is 58.6 Å². The number of halogens is 1. The molecule has 1 fully saturated rings. The van der Waals surface area contributed by atoms with Gasteiger partial charge in [0.25, 0.3) is 0 Å². The monoisotopic (exact) mass is 287 g/mol. The van der Waals surface area contributed by atoms with E-state index in [1.165, 1.54) is 0 Å². The average molecular weight is 288 g/mol. The highest BCUT2D eigenvalue weighted by Gasteiger charge is 2.38. The van der Waals surface area contributed by atoms with Crippen LogP contribution in [0, 0.1) is 0 Å². The number of nitrogens with zero attached hydrogens (tertiary/aromatic N) is 1. The Kier molecular flexibility index (Phi) is 2.52. The fraction of sp³-hybridized carbons (Fsp3) is 0.294. The molecular formula is C17H16ClNO. The Labute approximate surface area is 125 Å². The third-order valence-electron chi connectivity index (χ3n) is 4.16. The van der Waals surface area contributed by atoms with Gasteiger partial charge in [-0.15, -0.1) is 0 Å². The van der Waals surface area contributed by atoms with Gasteiger partial charge in [-0.1, -0.05) is 29.8 Å². The van der Waals surface area contributed by atoms with E-state index in [1.54, 1.807) is 0 Å². The number of para-hydroxylation sites is 1. The fourth-order valence-corrected chi connectivity index (χ4v) is 3.44. The number of hydrogen-bond acceptors (Lipinski definition) is 2. The Morgan fingerprint density at radius 2 is 1.95 bits per heavy atom. The normalized spacial score (nSPS) is 28.7. The van der Waals surface area contributed by atoms with E-state index in [4.69, 9.17) is 17.7 Å². The van der Waals surface area contributed by atoms with Gasteiger partial charge in [0.05, 0.1) is 0 Å². The van der Waals surface area contributed by atoms with Gasteiger partial charge in [-0.3, -0.25) is 0 Å². The van der Waals surface area contributed by atoms with Gasteiger partial charge >= 0.3 is 0 Å². The van der Waals surface area contributed by atoms with Crippen LogP contribution in [0.1, 0.15) is 24.3 Å². The summed E-state index contributed by atoms with van der Waals surface area (Å²) in [5, 5.41) is 0.656. The lowest BCUT2D eigenvalue weighted by atomic mass is 9.84. The molecule has 2 aliphatic heterocycles. The zero-order valence-corrected chi connectivity index (χ0v) is 12.0. The Morgan fingerprint density at radius 3 is 2.85 bits per heavy atom. The Morgan fingerprint density at radius 1 is 1.15 bits per heavy atom. The molecule has 0 spiro atoms. The lowest BCUT2D eigenvalue weighted by Crippen LogP contribution is -2.14. The molecule has 0 aromatic heterocycles. The highest BCUT2D eigenvalue weighted by atomic mass is 35.5. The van der Waals surface area contributed by atoms with Crippen molar-refractivity contribution in [3.8, 4) is 11.5 Å². The third-order valence-corrected chi connectivity index (χ3v) is 4.39. The molecule has 0 aliphatic carbocycles. The second-order valence-electron chi connectivity index (χ2n) is 5.55. The summed E-state index contributed by atoms with van der Waals surface area (Å²) in [6, 6.07) is 13.7.